The second kappa shape index (κ2) is 5.60. The summed E-state index contributed by atoms with van der Waals surface area (Å²) in [5, 5.41) is 20.0. The summed E-state index contributed by atoms with van der Waals surface area (Å²) in [7, 11) is 1.35. The summed E-state index contributed by atoms with van der Waals surface area (Å²) in [6.45, 7) is 1.60. The number of nitrogens with two attached hydrogens (primary N) is 1. The van der Waals surface area contributed by atoms with Crippen molar-refractivity contribution in [3.05, 3.63) is 33.4 Å². The highest BCUT2D eigenvalue weighted by molar-refractivity contribution is 5.55. The lowest BCUT2D eigenvalue weighted by atomic mass is 10.0. The predicted octanol–water partition coefficient (Wildman–Crippen LogP) is 1.16. The van der Waals surface area contributed by atoms with Crippen molar-refractivity contribution < 1.29 is 14.8 Å². The summed E-state index contributed by atoms with van der Waals surface area (Å²) in [6, 6.07) is 2.51. The fourth-order valence-corrected chi connectivity index (χ4v) is 1.63. The Morgan fingerprint density at radius 3 is 2.65 bits per heavy atom. The summed E-state index contributed by atoms with van der Waals surface area (Å²) in [6.07, 6.45) is 0.649. The zero-order valence-electron chi connectivity index (χ0n) is 9.84. The molecular formula is C11H16N2O4. The van der Waals surface area contributed by atoms with Crippen LogP contribution in [0, 0.1) is 10.1 Å². The van der Waals surface area contributed by atoms with Crippen LogP contribution in [-0.2, 0) is 6.42 Å². The van der Waals surface area contributed by atoms with Gasteiger partial charge in [0.25, 0.3) is 0 Å². The van der Waals surface area contributed by atoms with Gasteiger partial charge in [0, 0.05) is 11.6 Å². The normalized spacial score (nSPS) is 12.2. The molecule has 0 unspecified atom stereocenters. The first kappa shape index (κ1) is 13.4. The van der Waals surface area contributed by atoms with E-state index in [1.54, 1.807) is 6.07 Å². The molecule has 94 valence electrons. The molecule has 0 bridgehead atoms. The Labute approximate surface area is 99.2 Å². The Kier molecular flexibility index (Phi) is 4.42. The first-order chi connectivity index (χ1) is 8.04. The van der Waals surface area contributed by atoms with Crippen LogP contribution in [0.25, 0.3) is 0 Å². The van der Waals surface area contributed by atoms with Crippen molar-refractivity contribution >= 4 is 5.69 Å². The first-order valence-corrected chi connectivity index (χ1v) is 5.26. The quantitative estimate of drug-likeness (QED) is 0.594. The van der Waals surface area contributed by atoms with E-state index in [2.05, 4.69) is 0 Å². The molecule has 0 fully saturated rings. The smallest absolute Gasteiger partial charge is 0.311 e. The summed E-state index contributed by atoms with van der Waals surface area (Å²) in [5.74, 6) is 0.119. The monoisotopic (exact) mass is 240 g/mol. The molecule has 1 atom stereocenters. The SMILES string of the molecule is CCc1cc([C@@H](N)CO)c(OC)c([N+](=O)[O-])c1. The molecule has 0 amide bonds. The van der Waals surface area contributed by atoms with Crippen LogP contribution in [0.15, 0.2) is 12.1 Å². The molecule has 0 aromatic heterocycles. The number of aliphatic hydroxyl groups is 1. The third kappa shape index (κ3) is 2.72. The van der Waals surface area contributed by atoms with Gasteiger partial charge in [-0.2, -0.15) is 0 Å². The van der Waals surface area contributed by atoms with Gasteiger partial charge in [-0.05, 0) is 18.1 Å². The topological polar surface area (TPSA) is 98.6 Å². The zero-order valence-corrected chi connectivity index (χ0v) is 9.84. The van der Waals surface area contributed by atoms with E-state index in [1.165, 1.54) is 13.2 Å². The average molecular weight is 240 g/mol. The number of nitro benzene ring substituents is 1. The zero-order chi connectivity index (χ0) is 13.0. The minimum atomic E-state index is -0.685. The number of nitro groups is 1. The number of aryl methyl sites for hydroxylation is 1. The Hall–Kier alpha value is -1.66. The Bertz CT molecular complexity index is 420. The maximum atomic E-state index is 10.9. The number of benzene rings is 1. The molecule has 6 heteroatoms. The van der Waals surface area contributed by atoms with Crippen molar-refractivity contribution in [2.24, 2.45) is 5.73 Å². The molecule has 0 aliphatic heterocycles. The van der Waals surface area contributed by atoms with Crippen molar-refractivity contribution in [1.82, 2.24) is 0 Å². The molecule has 6 nitrogen and oxygen atoms in total. The van der Waals surface area contributed by atoms with Crippen molar-refractivity contribution in [2.75, 3.05) is 13.7 Å². The Morgan fingerprint density at radius 2 is 2.24 bits per heavy atom. The number of hydrogen-bond donors (Lipinski definition) is 2. The molecule has 3 N–H and O–H groups in total. The molecule has 1 aromatic rings. The van der Waals surface area contributed by atoms with Crippen LogP contribution in [0.2, 0.25) is 0 Å². The molecule has 0 spiro atoms. The summed E-state index contributed by atoms with van der Waals surface area (Å²) < 4.78 is 5.03. The van der Waals surface area contributed by atoms with E-state index in [9.17, 15) is 10.1 Å². The molecule has 1 aromatic carbocycles. The van der Waals surface area contributed by atoms with Crippen LogP contribution in [-0.4, -0.2) is 23.7 Å². The maximum absolute atomic E-state index is 10.9. The highest BCUT2D eigenvalue weighted by Crippen LogP contribution is 2.35. The van der Waals surface area contributed by atoms with Crippen molar-refractivity contribution in [1.29, 1.82) is 0 Å². The third-order valence-electron chi connectivity index (χ3n) is 2.56. The van der Waals surface area contributed by atoms with Crippen LogP contribution < -0.4 is 10.5 Å². The molecule has 0 heterocycles. The minimum Gasteiger partial charge on any atom is -0.490 e. The third-order valence-corrected chi connectivity index (χ3v) is 2.56. The van der Waals surface area contributed by atoms with E-state index in [0.717, 1.165) is 5.56 Å². The molecule has 0 saturated carbocycles. The van der Waals surface area contributed by atoms with Gasteiger partial charge >= 0.3 is 5.69 Å². The van der Waals surface area contributed by atoms with Gasteiger partial charge in [-0.1, -0.05) is 6.92 Å². The van der Waals surface area contributed by atoms with Crippen LogP contribution in [0.5, 0.6) is 5.75 Å². The molecule has 0 radical (unpaired) electrons. The summed E-state index contributed by atoms with van der Waals surface area (Å²) in [5.41, 5.74) is 6.84. The Morgan fingerprint density at radius 1 is 1.59 bits per heavy atom. The maximum Gasteiger partial charge on any atom is 0.311 e. The van der Waals surface area contributed by atoms with Crippen molar-refractivity contribution in [2.45, 2.75) is 19.4 Å². The molecule has 17 heavy (non-hydrogen) atoms. The average Bonchev–Trinajstić information content (AvgIpc) is 2.35. The summed E-state index contributed by atoms with van der Waals surface area (Å²) in [4.78, 5) is 10.4. The van der Waals surface area contributed by atoms with Crippen LogP contribution >= 0.6 is 0 Å². The standard InChI is InChI=1S/C11H16N2O4/c1-3-7-4-8(9(12)6-14)11(17-2)10(5-7)13(15)16/h4-5,9,14H,3,6,12H2,1-2H3/t9-/m0/s1. The number of hydrogen-bond acceptors (Lipinski definition) is 5. The van der Waals surface area contributed by atoms with Gasteiger partial charge in [0.2, 0.25) is 5.75 Å². The lowest BCUT2D eigenvalue weighted by Gasteiger charge is -2.15. The van der Waals surface area contributed by atoms with Crippen molar-refractivity contribution in [3.8, 4) is 5.75 Å². The first-order valence-electron chi connectivity index (χ1n) is 5.26. The van der Waals surface area contributed by atoms with Gasteiger partial charge < -0.3 is 15.6 Å². The minimum absolute atomic E-state index is 0.119. The molecule has 1 rings (SSSR count). The van der Waals surface area contributed by atoms with E-state index in [4.69, 9.17) is 15.6 Å². The molecule has 0 aliphatic carbocycles. The van der Waals surface area contributed by atoms with E-state index >= 15 is 0 Å². The fourth-order valence-electron chi connectivity index (χ4n) is 1.63. The second-order valence-corrected chi connectivity index (χ2v) is 3.64. The number of methoxy groups -OCH3 is 1. The highest BCUT2D eigenvalue weighted by Gasteiger charge is 2.23. The fraction of sp³-hybridized carbons (Fsp3) is 0.455. The summed E-state index contributed by atoms with van der Waals surface area (Å²) >= 11 is 0. The Balaban J connectivity index is 3.44. The van der Waals surface area contributed by atoms with Gasteiger partial charge in [-0.15, -0.1) is 0 Å². The van der Waals surface area contributed by atoms with Gasteiger partial charge in [-0.3, -0.25) is 10.1 Å². The van der Waals surface area contributed by atoms with E-state index in [1.807, 2.05) is 6.92 Å². The number of nitrogens with zero attached hydrogens (tertiary/aromatic N) is 1. The largest absolute Gasteiger partial charge is 0.490 e. The second-order valence-electron chi connectivity index (χ2n) is 3.64. The predicted molar refractivity (Wildman–Crippen MR) is 63.0 cm³/mol. The lowest BCUT2D eigenvalue weighted by molar-refractivity contribution is -0.385. The van der Waals surface area contributed by atoms with Crippen molar-refractivity contribution in [3.63, 3.8) is 0 Å². The van der Waals surface area contributed by atoms with E-state index in [-0.39, 0.29) is 18.0 Å². The molecule has 0 saturated heterocycles. The van der Waals surface area contributed by atoms with Gasteiger partial charge in [-0.25, -0.2) is 0 Å². The van der Waals surface area contributed by atoms with Gasteiger partial charge in [0.05, 0.1) is 24.7 Å². The number of ether oxygens (including phenoxy) is 1. The van der Waals surface area contributed by atoms with Gasteiger partial charge in [0.15, 0.2) is 0 Å². The van der Waals surface area contributed by atoms with Crippen LogP contribution in [0.1, 0.15) is 24.1 Å². The lowest BCUT2D eigenvalue weighted by Crippen LogP contribution is -2.16. The van der Waals surface area contributed by atoms with E-state index < -0.39 is 11.0 Å². The molecule has 0 aliphatic rings. The molecular weight excluding hydrogens is 224 g/mol. The van der Waals surface area contributed by atoms with Crippen LogP contribution in [0.3, 0.4) is 0 Å². The van der Waals surface area contributed by atoms with Gasteiger partial charge in [0.1, 0.15) is 0 Å². The van der Waals surface area contributed by atoms with E-state index in [0.29, 0.717) is 12.0 Å². The number of rotatable bonds is 5. The highest BCUT2D eigenvalue weighted by atomic mass is 16.6. The number of aliphatic hydroxyl groups excluding tert-OH is 1. The van der Waals surface area contributed by atoms with Crippen LogP contribution in [0.4, 0.5) is 5.69 Å².